The first kappa shape index (κ1) is 15.8. The molecule has 1 heterocycles. The molecule has 0 aromatic heterocycles. The second kappa shape index (κ2) is 6.03. The molecule has 2 N–H and O–H groups in total. The van der Waals surface area contributed by atoms with Crippen LogP contribution in [0.25, 0.3) is 0 Å². The van der Waals surface area contributed by atoms with E-state index in [1.807, 2.05) is 0 Å². The van der Waals surface area contributed by atoms with Crippen molar-refractivity contribution in [1.29, 1.82) is 0 Å². The predicted molar refractivity (Wildman–Crippen MR) is 80.7 cm³/mol. The summed E-state index contributed by atoms with van der Waals surface area (Å²) in [5, 5.41) is 9.08. The third-order valence-corrected chi connectivity index (χ3v) is 5.34. The molecule has 7 heteroatoms. The number of hydrogen-bond donors (Lipinski definition) is 2. The van der Waals surface area contributed by atoms with E-state index in [0.29, 0.717) is 24.6 Å². The van der Waals surface area contributed by atoms with Crippen molar-refractivity contribution in [2.45, 2.75) is 26.7 Å². The number of rotatable bonds is 4. The van der Waals surface area contributed by atoms with Gasteiger partial charge in [0.2, 0.25) is 0 Å². The van der Waals surface area contributed by atoms with Gasteiger partial charge in [-0.05, 0) is 43.4 Å². The molecule has 0 unspecified atom stereocenters. The van der Waals surface area contributed by atoms with Crippen molar-refractivity contribution in [2.24, 2.45) is 5.92 Å². The summed E-state index contributed by atoms with van der Waals surface area (Å²) in [7, 11) is -3.62. The molecule has 6 nitrogen and oxygen atoms in total. The van der Waals surface area contributed by atoms with Crippen LogP contribution in [0.3, 0.4) is 0 Å². The van der Waals surface area contributed by atoms with E-state index in [9.17, 15) is 13.2 Å². The molecule has 1 aromatic rings. The van der Waals surface area contributed by atoms with Crippen LogP contribution in [0.5, 0.6) is 0 Å². The minimum atomic E-state index is -3.62. The molecule has 1 aliphatic heterocycles. The number of carbonyl (C=O) groups is 1. The van der Waals surface area contributed by atoms with Crippen LogP contribution in [0.2, 0.25) is 0 Å². The lowest BCUT2D eigenvalue weighted by Gasteiger charge is -2.29. The van der Waals surface area contributed by atoms with E-state index in [-0.39, 0.29) is 11.3 Å². The molecule has 1 saturated heterocycles. The largest absolute Gasteiger partial charge is 0.478 e. The van der Waals surface area contributed by atoms with Crippen molar-refractivity contribution in [3.63, 3.8) is 0 Å². The third-order valence-electron chi connectivity index (χ3n) is 3.80. The highest BCUT2D eigenvalue weighted by Crippen LogP contribution is 2.21. The molecule has 0 radical (unpaired) electrons. The van der Waals surface area contributed by atoms with E-state index >= 15 is 0 Å². The van der Waals surface area contributed by atoms with Crippen LogP contribution in [-0.2, 0) is 10.2 Å². The van der Waals surface area contributed by atoms with Gasteiger partial charge in [-0.2, -0.15) is 12.7 Å². The van der Waals surface area contributed by atoms with Crippen molar-refractivity contribution >= 4 is 21.9 Å². The average Bonchev–Trinajstić information content (AvgIpc) is 2.41. The lowest BCUT2D eigenvalue weighted by atomic mass is 10.0. The first-order valence-electron chi connectivity index (χ1n) is 6.91. The molecule has 116 valence electrons. The lowest BCUT2D eigenvalue weighted by molar-refractivity contribution is 0.0696. The standard InChI is InChI=1S/C14H20N2O4S/c1-10-5-7-16(8-6-10)21(19,20)15-12-4-3-11(2)13(9-12)14(17)18/h3-4,9-10,15H,5-8H2,1-2H3,(H,17,18). The smallest absolute Gasteiger partial charge is 0.336 e. The van der Waals surface area contributed by atoms with Gasteiger partial charge in [-0.15, -0.1) is 0 Å². The Balaban J connectivity index is 2.17. The average molecular weight is 312 g/mol. The fourth-order valence-corrected chi connectivity index (χ4v) is 3.60. The maximum Gasteiger partial charge on any atom is 0.336 e. The molecule has 1 aromatic carbocycles. The highest BCUT2D eigenvalue weighted by molar-refractivity contribution is 7.90. The fourth-order valence-electron chi connectivity index (χ4n) is 2.35. The number of carboxylic acid groups (broad SMARTS) is 1. The second-order valence-corrected chi connectivity index (χ2v) is 7.19. The van der Waals surface area contributed by atoms with Gasteiger partial charge in [0.15, 0.2) is 0 Å². The van der Waals surface area contributed by atoms with Crippen LogP contribution in [0.15, 0.2) is 18.2 Å². The summed E-state index contributed by atoms with van der Waals surface area (Å²) >= 11 is 0. The first-order chi connectivity index (χ1) is 9.79. The molecule has 0 saturated carbocycles. The highest BCUT2D eigenvalue weighted by atomic mass is 32.2. The van der Waals surface area contributed by atoms with Gasteiger partial charge in [-0.1, -0.05) is 13.0 Å². The molecule has 21 heavy (non-hydrogen) atoms. The van der Waals surface area contributed by atoms with E-state index in [2.05, 4.69) is 11.6 Å². The topological polar surface area (TPSA) is 86.7 Å². The molecular weight excluding hydrogens is 292 g/mol. The molecule has 1 aliphatic rings. The Hall–Kier alpha value is -1.60. The number of carboxylic acids is 1. The molecule has 2 rings (SSSR count). The number of nitrogens with one attached hydrogen (secondary N) is 1. The highest BCUT2D eigenvalue weighted by Gasteiger charge is 2.26. The molecule has 0 atom stereocenters. The maximum atomic E-state index is 12.3. The van der Waals surface area contributed by atoms with Gasteiger partial charge in [0.05, 0.1) is 11.3 Å². The van der Waals surface area contributed by atoms with E-state index in [0.717, 1.165) is 12.8 Å². The van der Waals surface area contributed by atoms with Crippen LogP contribution >= 0.6 is 0 Å². The summed E-state index contributed by atoms with van der Waals surface area (Å²) in [6.07, 6.45) is 1.68. The van der Waals surface area contributed by atoms with Gasteiger partial charge >= 0.3 is 16.2 Å². The molecule has 0 aliphatic carbocycles. The van der Waals surface area contributed by atoms with Gasteiger partial charge in [0.1, 0.15) is 0 Å². The summed E-state index contributed by atoms with van der Waals surface area (Å²) in [5.41, 5.74) is 0.969. The number of piperidine rings is 1. The first-order valence-corrected chi connectivity index (χ1v) is 8.35. The number of aryl methyl sites for hydroxylation is 1. The molecule has 1 fully saturated rings. The van der Waals surface area contributed by atoms with Crippen molar-refractivity contribution in [2.75, 3.05) is 17.8 Å². The summed E-state index contributed by atoms with van der Waals surface area (Å²) in [6, 6.07) is 4.52. The zero-order valence-electron chi connectivity index (χ0n) is 12.2. The monoisotopic (exact) mass is 312 g/mol. The minimum Gasteiger partial charge on any atom is -0.478 e. The van der Waals surface area contributed by atoms with Crippen molar-refractivity contribution in [3.05, 3.63) is 29.3 Å². The van der Waals surface area contributed by atoms with Crippen LogP contribution in [0, 0.1) is 12.8 Å². The summed E-state index contributed by atoms with van der Waals surface area (Å²) in [4.78, 5) is 11.1. The zero-order valence-corrected chi connectivity index (χ0v) is 13.0. The van der Waals surface area contributed by atoms with Crippen molar-refractivity contribution < 1.29 is 18.3 Å². The van der Waals surface area contributed by atoms with Crippen LogP contribution in [0.4, 0.5) is 5.69 Å². The summed E-state index contributed by atoms with van der Waals surface area (Å²) < 4.78 is 28.5. The Morgan fingerprint density at radius 1 is 1.33 bits per heavy atom. The number of benzene rings is 1. The summed E-state index contributed by atoms with van der Waals surface area (Å²) in [6.45, 7) is 4.77. The Morgan fingerprint density at radius 3 is 2.52 bits per heavy atom. The Labute approximate surface area is 125 Å². The molecule has 0 amide bonds. The molecular formula is C14H20N2O4S. The van der Waals surface area contributed by atoms with Crippen LogP contribution < -0.4 is 4.72 Å². The lowest BCUT2D eigenvalue weighted by Crippen LogP contribution is -2.41. The van der Waals surface area contributed by atoms with Crippen molar-refractivity contribution in [1.82, 2.24) is 4.31 Å². The van der Waals surface area contributed by atoms with E-state index in [4.69, 9.17) is 5.11 Å². The minimum absolute atomic E-state index is 0.0995. The number of anilines is 1. The van der Waals surface area contributed by atoms with Gasteiger partial charge < -0.3 is 5.11 Å². The van der Waals surface area contributed by atoms with E-state index in [1.165, 1.54) is 10.4 Å². The van der Waals surface area contributed by atoms with E-state index in [1.54, 1.807) is 19.1 Å². The third kappa shape index (κ3) is 3.74. The normalized spacial score (nSPS) is 17.6. The van der Waals surface area contributed by atoms with Gasteiger partial charge in [0.25, 0.3) is 0 Å². The van der Waals surface area contributed by atoms with Gasteiger partial charge in [0, 0.05) is 13.1 Å². The maximum absolute atomic E-state index is 12.3. The number of nitrogens with zero attached hydrogens (tertiary/aromatic N) is 1. The number of aromatic carboxylic acids is 1. The second-order valence-electron chi connectivity index (χ2n) is 5.52. The van der Waals surface area contributed by atoms with Gasteiger partial charge in [-0.3, -0.25) is 4.72 Å². The Kier molecular flexibility index (Phi) is 4.53. The summed E-state index contributed by atoms with van der Waals surface area (Å²) in [5.74, 6) is -0.533. The van der Waals surface area contributed by atoms with Crippen molar-refractivity contribution in [3.8, 4) is 0 Å². The van der Waals surface area contributed by atoms with E-state index < -0.39 is 16.2 Å². The molecule has 0 bridgehead atoms. The number of hydrogen-bond acceptors (Lipinski definition) is 3. The fraction of sp³-hybridized carbons (Fsp3) is 0.500. The quantitative estimate of drug-likeness (QED) is 0.891. The zero-order chi connectivity index (χ0) is 15.6. The predicted octanol–water partition coefficient (Wildman–Crippen LogP) is 2.08. The van der Waals surface area contributed by atoms with Gasteiger partial charge in [-0.25, -0.2) is 4.79 Å². The SMILES string of the molecule is Cc1ccc(NS(=O)(=O)N2CCC(C)CC2)cc1C(=O)O. The Morgan fingerprint density at radius 2 is 1.95 bits per heavy atom. The Bertz CT molecular complexity index is 634. The molecule has 0 spiro atoms. The van der Waals surface area contributed by atoms with Crippen LogP contribution in [0.1, 0.15) is 35.7 Å². The van der Waals surface area contributed by atoms with Crippen LogP contribution in [-0.4, -0.2) is 36.9 Å².